The lowest BCUT2D eigenvalue weighted by atomic mass is 10.2. The van der Waals surface area contributed by atoms with E-state index >= 15 is 0 Å². The average molecular weight is 455 g/mol. The van der Waals surface area contributed by atoms with Crippen molar-refractivity contribution < 1.29 is 22.7 Å². The number of anilines is 1. The van der Waals surface area contributed by atoms with Crippen LogP contribution >= 0.6 is 11.6 Å². The predicted octanol–water partition coefficient (Wildman–Crippen LogP) is 3.76. The van der Waals surface area contributed by atoms with Gasteiger partial charge in [-0.3, -0.25) is 9.52 Å². The summed E-state index contributed by atoms with van der Waals surface area (Å²) in [6.45, 7) is 6.67. The number of amides is 1. The molecule has 0 spiro atoms. The van der Waals surface area contributed by atoms with Crippen LogP contribution in [0.5, 0.6) is 5.75 Å². The van der Waals surface area contributed by atoms with E-state index in [-0.39, 0.29) is 23.5 Å². The van der Waals surface area contributed by atoms with Crippen molar-refractivity contribution >= 4 is 33.2 Å². The first-order valence-corrected chi connectivity index (χ1v) is 11.4. The van der Waals surface area contributed by atoms with Crippen LogP contribution in [0.25, 0.3) is 0 Å². The first-order chi connectivity index (χ1) is 14.2. The van der Waals surface area contributed by atoms with E-state index in [0.717, 1.165) is 12.0 Å². The smallest absolute Gasteiger partial charge is 0.261 e. The lowest BCUT2D eigenvalue weighted by Crippen LogP contribution is -2.30. The molecule has 0 aliphatic heterocycles. The number of sulfonamides is 1. The van der Waals surface area contributed by atoms with E-state index in [0.29, 0.717) is 29.6 Å². The third-order valence-electron chi connectivity index (χ3n) is 4.02. The van der Waals surface area contributed by atoms with E-state index in [1.54, 1.807) is 18.2 Å². The fourth-order valence-corrected chi connectivity index (χ4v) is 3.63. The Labute approximate surface area is 182 Å². The third-order valence-corrected chi connectivity index (χ3v) is 5.83. The maximum absolute atomic E-state index is 12.5. The van der Waals surface area contributed by atoms with E-state index in [1.807, 2.05) is 20.8 Å². The van der Waals surface area contributed by atoms with Gasteiger partial charge in [0.25, 0.3) is 15.9 Å². The Hall–Kier alpha value is -2.29. The number of carbonyl (C=O) groups is 1. The number of nitrogens with one attached hydrogen (secondary N) is 2. The van der Waals surface area contributed by atoms with Gasteiger partial charge in [-0.25, -0.2) is 8.42 Å². The van der Waals surface area contributed by atoms with Crippen LogP contribution in [-0.2, 0) is 19.6 Å². The van der Waals surface area contributed by atoms with Crippen molar-refractivity contribution in [1.29, 1.82) is 0 Å². The number of benzene rings is 2. The summed E-state index contributed by atoms with van der Waals surface area (Å²) in [6.07, 6.45) is 0.885. The maximum atomic E-state index is 12.5. The molecule has 1 amide bonds. The van der Waals surface area contributed by atoms with Crippen LogP contribution in [0.15, 0.2) is 47.4 Å². The van der Waals surface area contributed by atoms with Crippen molar-refractivity contribution in [3.63, 3.8) is 0 Å². The molecule has 0 radical (unpaired) electrons. The number of halogens is 1. The van der Waals surface area contributed by atoms with E-state index in [2.05, 4.69) is 10.0 Å². The first kappa shape index (κ1) is 24.0. The average Bonchev–Trinajstić information content (AvgIpc) is 2.69. The molecule has 0 heterocycles. The molecule has 2 aromatic rings. The topological polar surface area (TPSA) is 93.7 Å². The van der Waals surface area contributed by atoms with Gasteiger partial charge in [-0.2, -0.15) is 0 Å². The summed E-state index contributed by atoms with van der Waals surface area (Å²) >= 11 is 6.04. The molecule has 0 atom stereocenters. The van der Waals surface area contributed by atoms with Crippen LogP contribution in [0.4, 0.5) is 5.69 Å². The zero-order valence-corrected chi connectivity index (χ0v) is 18.8. The van der Waals surface area contributed by atoms with Gasteiger partial charge < -0.3 is 14.8 Å². The minimum Gasteiger partial charge on any atom is -0.484 e. The lowest BCUT2D eigenvalue weighted by Gasteiger charge is -2.11. The molecule has 0 fully saturated rings. The molecule has 2 N–H and O–H groups in total. The molecule has 0 unspecified atom stereocenters. The van der Waals surface area contributed by atoms with Crippen molar-refractivity contribution in [3.05, 3.63) is 53.1 Å². The maximum Gasteiger partial charge on any atom is 0.261 e. The Bertz CT molecular complexity index is 946. The quantitative estimate of drug-likeness (QED) is 0.504. The first-order valence-electron chi connectivity index (χ1n) is 9.57. The summed E-state index contributed by atoms with van der Waals surface area (Å²) in [7, 11) is -3.77. The Morgan fingerprint density at radius 1 is 1.13 bits per heavy atom. The highest BCUT2D eigenvalue weighted by molar-refractivity contribution is 7.92. The monoisotopic (exact) mass is 454 g/mol. The van der Waals surface area contributed by atoms with Crippen LogP contribution in [0.1, 0.15) is 25.8 Å². The molecule has 7 nitrogen and oxygen atoms in total. The standard InChI is InChI=1S/C21H27ClN2O5S/c1-15(2)28-12-4-11-23-21(25)14-29-18-7-9-19(10-8-18)30(26,27)24-17-6-5-16(3)20(22)13-17/h5-10,13,15,24H,4,11-12,14H2,1-3H3,(H,23,25). The van der Waals surface area contributed by atoms with Gasteiger partial charge in [0.2, 0.25) is 0 Å². The Balaban J connectivity index is 1.83. The summed E-state index contributed by atoms with van der Waals surface area (Å²) in [5.41, 5.74) is 1.23. The molecule has 2 rings (SSSR count). The minimum absolute atomic E-state index is 0.0705. The molecular formula is C21H27ClN2O5S. The Morgan fingerprint density at radius 3 is 2.47 bits per heavy atom. The molecule has 2 aromatic carbocycles. The zero-order chi connectivity index (χ0) is 22.1. The number of hydrogen-bond acceptors (Lipinski definition) is 5. The van der Waals surface area contributed by atoms with Gasteiger partial charge in [0.15, 0.2) is 6.61 Å². The molecule has 0 aromatic heterocycles. The molecular weight excluding hydrogens is 428 g/mol. The van der Waals surface area contributed by atoms with Crippen LogP contribution in [0, 0.1) is 6.92 Å². The molecule has 0 saturated heterocycles. The summed E-state index contributed by atoms with van der Waals surface area (Å²) in [6, 6.07) is 10.8. The van der Waals surface area contributed by atoms with Crippen molar-refractivity contribution in [2.24, 2.45) is 0 Å². The fourth-order valence-electron chi connectivity index (χ4n) is 2.40. The molecule has 164 valence electrons. The molecule has 30 heavy (non-hydrogen) atoms. The summed E-state index contributed by atoms with van der Waals surface area (Å²) in [4.78, 5) is 11.9. The SMILES string of the molecule is Cc1ccc(NS(=O)(=O)c2ccc(OCC(=O)NCCCOC(C)C)cc2)cc1Cl. The van der Waals surface area contributed by atoms with Gasteiger partial charge in [-0.1, -0.05) is 17.7 Å². The van der Waals surface area contributed by atoms with Gasteiger partial charge in [0.05, 0.1) is 16.7 Å². The van der Waals surface area contributed by atoms with E-state index in [9.17, 15) is 13.2 Å². The van der Waals surface area contributed by atoms with Crippen molar-refractivity contribution in [3.8, 4) is 5.75 Å². The highest BCUT2D eigenvalue weighted by Gasteiger charge is 2.15. The molecule has 0 bridgehead atoms. The summed E-state index contributed by atoms with van der Waals surface area (Å²) in [5.74, 6) is 0.139. The highest BCUT2D eigenvalue weighted by Crippen LogP contribution is 2.23. The van der Waals surface area contributed by atoms with Gasteiger partial charge >= 0.3 is 0 Å². The summed E-state index contributed by atoms with van der Waals surface area (Å²) in [5, 5.41) is 3.21. The molecule has 0 saturated carbocycles. The van der Waals surface area contributed by atoms with Crippen LogP contribution in [0.2, 0.25) is 5.02 Å². The number of rotatable bonds is 11. The molecule has 0 aliphatic rings. The van der Waals surface area contributed by atoms with Gasteiger partial charge in [-0.15, -0.1) is 0 Å². The largest absolute Gasteiger partial charge is 0.484 e. The summed E-state index contributed by atoms with van der Waals surface area (Å²) < 4.78 is 38.3. The second-order valence-electron chi connectivity index (χ2n) is 6.95. The van der Waals surface area contributed by atoms with Crippen molar-refractivity contribution in [2.45, 2.75) is 38.2 Å². The van der Waals surface area contributed by atoms with Crippen molar-refractivity contribution in [1.82, 2.24) is 5.32 Å². The van der Waals surface area contributed by atoms with Gasteiger partial charge in [0.1, 0.15) is 5.75 Å². The molecule has 0 aliphatic carbocycles. The highest BCUT2D eigenvalue weighted by atomic mass is 35.5. The fraction of sp³-hybridized carbons (Fsp3) is 0.381. The Morgan fingerprint density at radius 2 is 1.83 bits per heavy atom. The number of hydrogen-bond donors (Lipinski definition) is 2. The predicted molar refractivity (Wildman–Crippen MR) is 118 cm³/mol. The number of aryl methyl sites for hydroxylation is 1. The van der Waals surface area contributed by atoms with Gasteiger partial charge in [0, 0.05) is 18.2 Å². The van der Waals surface area contributed by atoms with Crippen LogP contribution < -0.4 is 14.8 Å². The van der Waals surface area contributed by atoms with Crippen molar-refractivity contribution in [2.75, 3.05) is 24.5 Å². The second kappa shape index (κ2) is 11.2. The van der Waals surface area contributed by atoms with Crippen LogP contribution in [-0.4, -0.2) is 40.2 Å². The third kappa shape index (κ3) is 7.85. The van der Waals surface area contributed by atoms with E-state index < -0.39 is 10.0 Å². The normalized spacial score (nSPS) is 11.4. The van der Waals surface area contributed by atoms with Crippen LogP contribution in [0.3, 0.4) is 0 Å². The van der Waals surface area contributed by atoms with E-state index in [4.69, 9.17) is 21.1 Å². The minimum atomic E-state index is -3.77. The second-order valence-corrected chi connectivity index (χ2v) is 9.04. The number of carbonyl (C=O) groups excluding carboxylic acids is 1. The zero-order valence-electron chi connectivity index (χ0n) is 17.3. The number of ether oxygens (including phenoxy) is 2. The molecule has 9 heteroatoms. The van der Waals surface area contributed by atoms with Gasteiger partial charge in [-0.05, 0) is 69.2 Å². The lowest BCUT2D eigenvalue weighted by molar-refractivity contribution is -0.123. The van der Waals surface area contributed by atoms with E-state index in [1.165, 1.54) is 24.3 Å². The Kier molecular flexibility index (Phi) is 8.95.